The number of piperidine rings is 1. The lowest BCUT2D eigenvalue weighted by Crippen LogP contribution is -2.51. The van der Waals surface area contributed by atoms with Crippen LogP contribution in [-0.4, -0.2) is 51.2 Å². The molecular weight excluding hydrogens is 392 g/mol. The van der Waals surface area contributed by atoms with Gasteiger partial charge in [-0.15, -0.1) is 0 Å². The van der Waals surface area contributed by atoms with Crippen LogP contribution in [0.3, 0.4) is 0 Å². The fourth-order valence-corrected chi connectivity index (χ4v) is 4.79. The summed E-state index contributed by atoms with van der Waals surface area (Å²) in [6, 6.07) is 8.38. The average molecular weight is 423 g/mol. The van der Waals surface area contributed by atoms with Crippen molar-refractivity contribution in [2.24, 2.45) is 7.05 Å². The van der Waals surface area contributed by atoms with E-state index in [9.17, 15) is 9.59 Å². The highest BCUT2D eigenvalue weighted by molar-refractivity contribution is 5.94. The van der Waals surface area contributed by atoms with Crippen LogP contribution in [0.2, 0.25) is 0 Å². The van der Waals surface area contributed by atoms with Gasteiger partial charge in [0.15, 0.2) is 5.69 Å². The van der Waals surface area contributed by atoms with Crippen LogP contribution >= 0.6 is 0 Å². The molecule has 1 saturated heterocycles. The number of nitrogens with one attached hydrogen (secondary N) is 1. The Bertz CT molecular complexity index is 1020. The van der Waals surface area contributed by atoms with Crippen LogP contribution in [0.15, 0.2) is 24.3 Å². The van der Waals surface area contributed by atoms with E-state index in [0.717, 1.165) is 54.5 Å². The summed E-state index contributed by atoms with van der Waals surface area (Å²) < 4.78 is 8.20. The van der Waals surface area contributed by atoms with Crippen LogP contribution in [0.1, 0.15) is 58.6 Å². The number of aromatic nitrogens is 2. The van der Waals surface area contributed by atoms with Crippen molar-refractivity contribution >= 4 is 11.8 Å². The Morgan fingerprint density at radius 1 is 1.23 bits per heavy atom. The second-order valence-corrected chi connectivity index (χ2v) is 9.28. The molecule has 0 atom stereocenters. The second kappa shape index (κ2) is 7.79. The van der Waals surface area contributed by atoms with Gasteiger partial charge in [-0.2, -0.15) is 5.10 Å². The van der Waals surface area contributed by atoms with Crippen LogP contribution in [0.5, 0.6) is 0 Å². The van der Waals surface area contributed by atoms with Crippen LogP contribution in [-0.2, 0) is 36.0 Å². The zero-order chi connectivity index (χ0) is 21.6. The third kappa shape index (κ3) is 3.99. The minimum atomic E-state index is -0.273. The number of hydrogen-bond acceptors (Lipinski definition) is 4. The normalized spacial score (nSPS) is 19.9. The molecular formula is C24H30N4O3. The summed E-state index contributed by atoms with van der Waals surface area (Å²) in [4.78, 5) is 27.4. The largest absolute Gasteiger partial charge is 0.370 e. The van der Waals surface area contributed by atoms with E-state index in [4.69, 9.17) is 4.74 Å². The molecule has 1 N–H and O–H groups in total. The molecule has 0 unspecified atom stereocenters. The van der Waals surface area contributed by atoms with Crippen molar-refractivity contribution in [2.75, 3.05) is 13.1 Å². The maximum absolute atomic E-state index is 12.8. The first-order valence-corrected chi connectivity index (χ1v) is 11.3. The highest BCUT2D eigenvalue weighted by Crippen LogP contribution is 2.37. The minimum absolute atomic E-state index is 0.0875. The Morgan fingerprint density at radius 3 is 2.68 bits per heavy atom. The Morgan fingerprint density at radius 2 is 1.97 bits per heavy atom. The lowest BCUT2D eigenvalue weighted by molar-refractivity contribution is -0.140. The molecule has 0 radical (unpaired) electrons. The summed E-state index contributed by atoms with van der Waals surface area (Å²) in [6.45, 7) is 3.86. The van der Waals surface area contributed by atoms with Crippen LogP contribution in [0, 0.1) is 6.92 Å². The van der Waals surface area contributed by atoms with Crippen molar-refractivity contribution in [1.29, 1.82) is 0 Å². The molecule has 31 heavy (non-hydrogen) atoms. The molecule has 5 rings (SSSR count). The maximum atomic E-state index is 12.8. The molecule has 1 saturated carbocycles. The van der Waals surface area contributed by atoms with Gasteiger partial charge in [-0.25, -0.2) is 0 Å². The van der Waals surface area contributed by atoms with Crippen molar-refractivity contribution < 1.29 is 14.3 Å². The second-order valence-electron chi connectivity index (χ2n) is 9.28. The first kappa shape index (κ1) is 20.2. The van der Waals surface area contributed by atoms with Crippen molar-refractivity contribution in [3.8, 4) is 0 Å². The maximum Gasteiger partial charge on any atom is 0.272 e. The monoisotopic (exact) mass is 422 g/mol. The molecule has 1 aliphatic carbocycles. The molecule has 3 heterocycles. The summed E-state index contributed by atoms with van der Waals surface area (Å²) in [5, 5.41) is 7.54. The lowest BCUT2D eigenvalue weighted by Gasteiger charge is -2.44. The third-order valence-electron chi connectivity index (χ3n) is 7.05. The van der Waals surface area contributed by atoms with Gasteiger partial charge in [-0.1, -0.05) is 24.3 Å². The van der Waals surface area contributed by atoms with E-state index in [-0.39, 0.29) is 17.4 Å². The van der Waals surface area contributed by atoms with E-state index in [2.05, 4.69) is 10.4 Å². The minimum Gasteiger partial charge on any atom is -0.370 e. The Balaban J connectivity index is 1.24. The predicted molar refractivity (Wildman–Crippen MR) is 116 cm³/mol. The summed E-state index contributed by atoms with van der Waals surface area (Å²) in [5.74, 6) is 0.0933. The van der Waals surface area contributed by atoms with Gasteiger partial charge in [0.1, 0.15) is 0 Å². The lowest BCUT2D eigenvalue weighted by atomic mass is 9.83. The topological polar surface area (TPSA) is 76.5 Å². The van der Waals surface area contributed by atoms with Gasteiger partial charge in [0.25, 0.3) is 5.91 Å². The summed E-state index contributed by atoms with van der Waals surface area (Å²) in [5.41, 5.74) is 4.49. The number of aryl methyl sites for hydroxylation is 2. The van der Waals surface area contributed by atoms with E-state index in [0.29, 0.717) is 37.9 Å². The molecule has 7 heteroatoms. The summed E-state index contributed by atoms with van der Waals surface area (Å²) >= 11 is 0. The van der Waals surface area contributed by atoms with Crippen LogP contribution in [0.4, 0.5) is 0 Å². The van der Waals surface area contributed by atoms with E-state index >= 15 is 0 Å². The van der Waals surface area contributed by atoms with Gasteiger partial charge in [0.2, 0.25) is 5.91 Å². The van der Waals surface area contributed by atoms with Gasteiger partial charge in [-0.3, -0.25) is 14.3 Å². The zero-order valence-corrected chi connectivity index (χ0v) is 18.3. The molecule has 1 spiro atoms. The number of fused-ring (bicyclic) bond motifs is 1. The summed E-state index contributed by atoms with van der Waals surface area (Å²) in [6.07, 6.45) is 4.91. The van der Waals surface area contributed by atoms with Crippen LogP contribution in [0.25, 0.3) is 0 Å². The molecule has 2 amide bonds. The van der Waals surface area contributed by atoms with Gasteiger partial charge >= 0.3 is 0 Å². The number of ether oxygens (including phenoxy) is 1. The smallest absolute Gasteiger partial charge is 0.272 e. The van der Waals surface area contributed by atoms with E-state index in [1.54, 1.807) is 0 Å². The number of benzene rings is 1. The molecule has 2 aromatic rings. The van der Waals surface area contributed by atoms with Gasteiger partial charge in [0, 0.05) is 43.9 Å². The molecule has 7 nitrogen and oxygen atoms in total. The first-order chi connectivity index (χ1) is 14.9. The van der Waals surface area contributed by atoms with Crippen molar-refractivity contribution in [1.82, 2.24) is 20.0 Å². The fraction of sp³-hybridized carbons (Fsp3) is 0.542. The standard InChI is InChI=1S/C24H30N4O3/c1-16-5-3-4-6-17(16)13-21(29)28-11-9-24(10-12-28)14-20-19(15-31-24)22(26-27(20)2)23(30)25-18-7-8-18/h3-6,18H,7-15H2,1-2H3,(H,25,30). The zero-order valence-electron chi connectivity index (χ0n) is 18.3. The highest BCUT2D eigenvalue weighted by Gasteiger charge is 2.42. The van der Waals surface area contributed by atoms with Gasteiger partial charge in [-0.05, 0) is 43.7 Å². The number of hydrogen-bond donors (Lipinski definition) is 1. The van der Waals surface area contributed by atoms with E-state index in [1.807, 2.05) is 47.8 Å². The number of carbonyl (C=O) groups is 2. The molecule has 2 fully saturated rings. The van der Waals surface area contributed by atoms with Crippen LogP contribution < -0.4 is 5.32 Å². The fourth-order valence-electron chi connectivity index (χ4n) is 4.79. The Kier molecular flexibility index (Phi) is 5.08. The van der Waals surface area contributed by atoms with Crippen molar-refractivity contribution in [3.63, 3.8) is 0 Å². The third-order valence-corrected chi connectivity index (χ3v) is 7.05. The van der Waals surface area contributed by atoms with E-state index < -0.39 is 0 Å². The van der Waals surface area contributed by atoms with Gasteiger partial charge < -0.3 is 15.0 Å². The van der Waals surface area contributed by atoms with Gasteiger partial charge in [0.05, 0.1) is 18.6 Å². The summed E-state index contributed by atoms with van der Waals surface area (Å²) in [7, 11) is 1.91. The predicted octanol–water partition coefficient (Wildman–Crippen LogP) is 2.30. The SMILES string of the molecule is Cc1ccccc1CC(=O)N1CCC2(CC1)Cc1c(c(C(=O)NC3CC3)nn1C)CO2. The number of rotatable bonds is 4. The quantitative estimate of drug-likeness (QED) is 0.820. The first-order valence-electron chi connectivity index (χ1n) is 11.3. The highest BCUT2D eigenvalue weighted by atomic mass is 16.5. The van der Waals surface area contributed by atoms with E-state index in [1.165, 1.54) is 0 Å². The molecule has 1 aromatic carbocycles. The number of nitrogens with zero attached hydrogens (tertiary/aromatic N) is 3. The average Bonchev–Trinajstić information content (AvgIpc) is 3.52. The molecule has 1 aromatic heterocycles. The van der Waals surface area contributed by atoms with Crippen molar-refractivity contribution in [2.45, 2.75) is 63.7 Å². The van der Waals surface area contributed by atoms with Crippen molar-refractivity contribution in [3.05, 3.63) is 52.3 Å². The number of likely N-dealkylation sites (tertiary alicyclic amines) is 1. The number of amides is 2. The Labute approximate surface area is 182 Å². The molecule has 0 bridgehead atoms. The Hall–Kier alpha value is -2.67. The molecule has 2 aliphatic heterocycles. The number of carbonyl (C=O) groups excluding carboxylic acids is 2. The molecule has 3 aliphatic rings. The molecule has 164 valence electrons.